The second-order valence-corrected chi connectivity index (χ2v) is 18.3. The molecule has 1 heterocycles. The summed E-state index contributed by atoms with van der Waals surface area (Å²) in [5, 5.41) is 9.57. The van der Waals surface area contributed by atoms with E-state index in [2.05, 4.69) is 16.0 Å². The molecule has 11 nitrogen and oxygen atoms in total. The number of nitrogens with two attached hydrogens (primary N) is 2. The first-order valence-electron chi connectivity index (χ1n) is 15.9. The zero-order valence-electron chi connectivity index (χ0n) is 27.2. The molecule has 0 bridgehead atoms. The molecule has 3 aromatic rings. The minimum absolute atomic E-state index is 0.00819. The molecular formula is C35H42N6O5Se3. The average molecular weight is 864 g/mol. The van der Waals surface area contributed by atoms with E-state index in [-0.39, 0.29) is 44.9 Å². The quantitative estimate of drug-likeness (QED) is 0.105. The van der Waals surface area contributed by atoms with Gasteiger partial charge in [-0.25, -0.2) is 0 Å². The van der Waals surface area contributed by atoms with Gasteiger partial charge in [0.2, 0.25) is 0 Å². The number of carbonyl (C=O) groups is 5. The Balaban J connectivity index is 1.38. The first-order valence-corrected chi connectivity index (χ1v) is 22.1. The summed E-state index contributed by atoms with van der Waals surface area (Å²) in [6.07, 6.45) is 1.01. The molecule has 0 aliphatic carbocycles. The molecule has 0 unspecified atom stereocenters. The number of carbonyl (C=O) groups excluding carboxylic acids is 5. The van der Waals surface area contributed by atoms with Crippen molar-refractivity contribution in [2.45, 2.75) is 65.9 Å². The second kappa shape index (κ2) is 19.6. The van der Waals surface area contributed by atoms with Crippen molar-refractivity contribution in [1.29, 1.82) is 0 Å². The van der Waals surface area contributed by atoms with Crippen LogP contribution in [0.3, 0.4) is 0 Å². The van der Waals surface area contributed by atoms with Gasteiger partial charge in [0.1, 0.15) is 0 Å². The summed E-state index contributed by atoms with van der Waals surface area (Å²) in [5.74, 6) is -2.41. The number of likely N-dealkylation sites (tertiary alicyclic amines) is 1. The minimum atomic E-state index is -0.946. The number of rotatable bonds is 17. The zero-order chi connectivity index (χ0) is 35.2. The Hall–Kier alpha value is -3.47. The van der Waals surface area contributed by atoms with Crippen molar-refractivity contribution in [3.8, 4) is 0 Å². The number of nitrogens with zero attached hydrogens (tertiary/aromatic N) is 1. The van der Waals surface area contributed by atoms with Crippen LogP contribution in [0.15, 0.2) is 91.0 Å². The van der Waals surface area contributed by atoms with Crippen LogP contribution in [0.25, 0.3) is 0 Å². The molecule has 260 valence electrons. The molecule has 5 amide bonds. The van der Waals surface area contributed by atoms with Gasteiger partial charge in [-0.1, -0.05) is 0 Å². The van der Waals surface area contributed by atoms with Crippen molar-refractivity contribution in [1.82, 2.24) is 20.9 Å². The van der Waals surface area contributed by atoms with Gasteiger partial charge in [0.15, 0.2) is 0 Å². The number of hydrogen-bond acceptors (Lipinski definition) is 6. The normalized spacial score (nSPS) is 16.5. The molecule has 1 aliphatic rings. The fourth-order valence-corrected chi connectivity index (χ4v) is 10.8. The SMILES string of the molecule is C[C@H](NC(=O)[C@@H](N)C[Se]c1ccccc1)C(=O)N1CCC[C@H]1C(=O)N[C@@H](C[Se]c1ccccc1)C(=O)N[C@@H](C[Se]c1ccccc1)C(N)=O. The van der Waals surface area contributed by atoms with Gasteiger partial charge in [-0.2, -0.15) is 0 Å². The maximum atomic E-state index is 13.7. The van der Waals surface area contributed by atoms with Crippen LogP contribution in [0.2, 0.25) is 16.0 Å². The van der Waals surface area contributed by atoms with Crippen molar-refractivity contribution in [3.63, 3.8) is 0 Å². The summed E-state index contributed by atoms with van der Waals surface area (Å²) in [7, 11) is 0. The van der Waals surface area contributed by atoms with Crippen LogP contribution in [0, 0.1) is 0 Å². The van der Waals surface area contributed by atoms with Gasteiger partial charge in [0.05, 0.1) is 0 Å². The van der Waals surface area contributed by atoms with Gasteiger partial charge in [0, 0.05) is 0 Å². The van der Waals surface area contributed by atoms with Crippen LogP contribution < -0.4 is 40.8 Å². The Bertz CT molecular complexity index is 1550. The Kier molecular flexibility index (Phi) is 15.4. The summed E-state index contributed by atoms with van der Waals surface area (Å²) >= 11 is -0.268. The third kappa shape index (κ3) is 12.1. The molecular weight excluding hydrogens is 821 g/mol. The fourth-order valence-electron chi connectivity index (χ4n) is 5.02. The molecule has 5 atom stereocenters. The van der Waals surface area contributed by atoms with Crippen LogP contribution in [-0.2, 0) is 24.0 Å². The molecule has 4 rings (SSSR count). The van der Waals surface area contributed by atoms with E-state index in [0.29, 0.717) is 35.3 Å². The van der Waals surface area contributed by atoms with E-state index in [4.69, 9.17) is 11.5 Å². The summed E-state index contributed by atoms with van der Waals surface area (Å²) in [5.41, 5.74) is 11.8. The van der Waals surface area contributed by atoms with E-state index in [0.717, 1.165) is 13.4 Å². The zero-order valence-corrected chi connectivity index (χ0v) is 32.3. The molecule has 0 spiro atoms. The summed E-state index contributed by atoms with van der Waals surface area (Å²) in [6, 6.07) is 24.8. The number of hydrogen-bond donors (Lipinski definition) is 5. The molecule has 0 saturated carbocycles. The monoisotopic (exact) mass is 866 g/mol. The van der Waals surface area contributed by atoms with Crippen LogP contribution in [0.1, 0.15) is 19.8 Å². The van der Waals surface area contributed by atoms with Crippen molar-refractivity contribution >= 4 is 87.8 Å². The van der Waals surface area contributed by atoms with E-state index in [1.807, 2.05) is 91.0 Å². The molecule has 1 saturated heterocycles. The Morgan fingerprint density at radius 2 is 1.20 bits per heavy atom. The topological polar surface area (TPSA) is 177 Å². The van der Waals surface area contributed by atoms with Gasteiger partial charge in [-0.15, -0.1) is 0 Å². The summed E-state index contributed by atoms with van der Waals surface area (Å²) in [4.78, 5) is 67.5. The standard InChI is InChI=1S/C35H42N6O5Se3/c1-23(38-32(43)27(36)20-47-24-12-5-2-6-13-24)35(46)41-19-11-18-30(41)34(45)40-29(22-49-26-16-9-4-10-17-26)33(44)39-28(31(37)42)21-48-25-14-7-3-8-15-25/h2-10,12-17,23,27-30H,11,18-22,36H2,1H3,(H2,37,42)(H,38,43)(H,39,44)(H,40,45)/t23-,27-,28-,29-,30-/m0/s1. The first-order chi connectivity index (χ1) is 23.6. The molecule has 0 aromatic heterocycles. The number of benzene rings is 3. The van der Waals surface area contributed by atoms with E-state index < -0.39 is 59.7 Å². The number of primary amides is 1. The predicted molar refractivity (Wildman–Crippen MR) is 193 cm³/mol. The third-order valence-corrected chi connectivity index (χ3v) is 14.7. The summed E-state index contributed by atoms with van der Waals surface area (Å²) < 4.78 is 3.24. The Morgan fingerprint density at radius 1 is 0.714 bits per heavy atom. The Morgan fingerprint density at radius 3 is 1.71 bits per heavy atom. The van der Waals surface area contributed by atoms with Crippen LogP contribution in [0.4, 0.5) is 0 Å². The van der Waals surface area contributed by atoms with E-state index >= 15 is 0 Å². The second-order valence-electron chi connectivity index (χ2n) is 11.4. The van der Waals surface area contributed by atoms with Gasteiger partial charge < -0.3 is 0 Å². The fraction of sp³-hybridized carbons (Fsp3) is 0.343. The molecule has 1 aliphatic heterocycles. The van der Waals surface area contributed by atoms with Crippen LogP contribution >= 0.6 is 0 Å². The molecule has 49 heavy (non-hydrogen) atoms. The van der Waals surface area contributed by atoms with E-state index in [1.165, 1.54) is 4.90 Å². The maximum absolute atomic E-state index is 13.7. The van der Waals surface area contributed by atoms with Gasteiger partial charge in [-0.3, -0.25) is 0 Å². The van der Waals surface area contributed by atoms with E-state index in [9.17, 15) is 24.0 Å². The predicted octanol–water partition coefficient (Wildman–Crippen LogP) is -1.39. The van der Waals surface area contributed by atoms with Gasteiger partial charge in [-0.05, 0) is 0 Å². The number of amides is 5. The van der Waals surface area contributed by atoms with Crippen molar-refractivity contribution in [3.05, 3.63) is 91.0 Å². The van der Waals surface area contributed by atoms with Gasteiger partial charge >= 0.3 is 308 Å². The van der Waals surface area contributed by atoms with Crippen LogP contribution in [0.5, 0.6) is 0 Å². The molecule has 14 heteroatoms. The molecule has 3 aromatic carbocycles. The van der Waals surface area contributed by atoms with Crippen molar-refractivity contribution in [2.24, 2.45) is 11.5 Å². The van der Waals surface area contributed by atoms with Crippen LogP contribution in [-0.4, -0.2) is 116 Å². The third-order valence-electron chi connectivity index (χ3n) is 7.69. The molecule has 0 radical (unpaired) electrons. The average Bonchev–Trinajstić information content (AvgIpc) is 3.61. The van der Waals surface area contributed by atoms with Crippen molar-refractivity contribution < 1.29 is 24.0 Å². The number of nitrogens with one attached hydrogen (secondary N) is 3. The Labute approximate surface area is 305 Å². The molecule has 7 N–H and O–H groups in total. The molecule has 1 fully saturated rings. The first kappa shape index (κ1) is 38.3. The van der Waals surface area contributed by atoms with E-state index in [1.54, 1.807) is 6.92 Å². The summed E-state index contributed by atoms with van der Waals surface area (Å²) in [6.45, 7) is 1.93. The van der Waals surface area contributed by atoms with Gasteiger partial charge in [0.25, 0.3) is 0 Å². The van der Waals surface area contributed by atoms with Crippen molar-refractivity contribution in [2.75, 3.05) is 6.54 Å².